The number of rotatable bonds is 38. The number of carbonyl (C=O) groups excluding carboxylic acids is 1. The Morgan fingerprint density at radius 3 is 1.39 bits per heavy atom. The van der Waals surface area contributed by atoms with E-state index in [0.29, 0.717) is 19.6 Å². The van der Waals surface area contributed by atoms with Crippen LogP contribution in [0.1, 0.15) is 194 Å². The average Bonchev–Trinajstić information content (AvgIpc) is 3.11. The third-order valence-electron chi connectivity index (χ3n) is 8.86. The Labute approximate surface area is 305 Å². The minimum absolute atomic E-state index is 0.174. The molecule has 0 radical (unpaired) electrons. The first-order valence-electron chi connectivity index (χ1n) is 20.9. The van der Waals surface area contributed by atoms with Crippen molar-refractivity contribution in [2.75, 3.05) is 19.8 Å². The van der Waals surface area contributed by atoms with E-state index in [1.165, 1.54) is 122 Å². The van der Waals surface area contributed by atoms with Gasteiger partial charge < -0.3 is 14.6 Å². The molecule has 1 atom stereocenters. The largest absolute Gasteiger partial charge is 0.457 e. The van der Waals surface area contributed by atoms with Crippen molar-refractivity contribution in [1.82, 2.24) is 0 Å². The Balaban J connectivity index is 3.47. The lowest BCUT2D eigenvalue weighted by molar-refractivity contribution is -0.154. The number of allylic oxidation sites excluding steroid dienone is 10. The highest BCUT2D eigenvalue weighted by Gasteiger charge is 2.13. The summed E-state index contributed by atoms with van der Waals surface area (Å²) in [5, 5.41) is 9.58. The number of unbranched alkanes of at least 4 members (excludes halogenated alkanes) is 20. The number of carbonyl (C=O) groups is 1. The van der Waals surface area contributed by atoms with E-state index < -0.39 is 6.10 Å². The number of aliphatic hydroxyl groups is 1. The molecule has 0 saturated heterocycles. The number of hydrogen-bond acceptors (Lipinski definition) is 4. The Kier molecular flexibility index (Phi) is 40.6. The van der Waals surface area contributed by atoms with Crippen molar-refractivity contribution in [3.63, 3.8) is 0 Å². The molecule has 0 amide bonds. The number of esters is 1. The van der Waals surface area contributed by atoms with Gasteiger partial charge in [0.05, 0.1) is 13.2 Å². The van der Waals surface area contributed by atoms with Crippen LogP contribution in [0.3, 0.4) is 0 Å². The lowest BCUT2D eigenvalue weighted by atomic mass is 10.1. The maximum atomic E-state index is 12.2. The van der Waals surface area contributed by atoms with Gasteiger partial charge in [-0.2, -0.15) is 0 Å². The SMILES string of the molecule is CC/C=C\C/C=C\C/C=C\C/C=C\C/C=C\CCCCCCCCCCCC(=O)OC(CO)COCCCCCCCCCCCCCC. The molecule has 0 bridgehead atoms. The van der Waals surface area contributed by atoms with Crippen LogP contribution in [0.4, 0.5) is 0 Å². The summed E-state index contributed by atoms with van der Waals surface area (Å²) < 4.78 is 11.1. The topological polar surface area (TPSA) is 55.8 Å². The monoisotopic (exact) mass is 685 g/mol. The molecular weight excluding hydrogens is 604 g/mol. The highest BCUT2D eigenvalue weighted by Crippen LogP contribution is 2.14. The van der Waals surface area contributed by atoms with Crippen LogP contribution in [0.15, 0.2) is 60.8 Å². The number of hydrogen-bond donors (Lipinski definition) is 1. The van der Waals surface area contributed by atoms with Gasteiger partial charge in [-0.3, -0.25) is 4.79 Å². The van der Waals surface area contributed by atoms with Gasteiger partial charge in [0.1, 0.15) is 6.10 Å². The van der Waals surface area contributed by atoms with Crippen LogP contribution in [0.2, 0.25) is 0 Å². The lowest BCUT2D eigenvalue weighted by Gasteiger charge is -2.16. The minimum atomic E-state index is -0.536. The molecule has 0 aromatic heterocycles. The van der Waals surface area contributed by atoms with Crippen LogP contribution in [0, 0.1) is 0 Å². The molecule has 0 saturated carbocycles. The zero-order valence-electron chi connectivity index (χ0n) is 32.4. The summed E-state index contributed by atoms with van der Waals surface area (Å²) in [7, 11) is 0. The molecule has 4 nitrogen and oxygen atoms in total. The maximum absolute atomic E-state index is 12.2. The summed E-state index contributed by atoms with van der Waals surface area (Å²) in [6.07, 6.45) is 55.6. The van der Waals surface area contributed by atoms with E-state index in [1.54, 1.807) is 0 Å². The summed E-state index contributed by atoms with van der Waals surface area (Å²) in [5.41, 5.74) is 0. The van der Waals surface area contributed by atoms with Crippen molar-refractivity contribution in [3.8, 4) is 0 Å². The summed E-state index contributed by atoms with van der Waals surface area (Å²) in [5.74, 6) is -0.208. The zero-order chi connectivity index (χ0) is 35.6. The van der Waals surface area contributed by atoms with Gasteiger partial charge in [0, 0.05) is 13.0 Å². The van der Waals surface area contributed by atoms with E-state index in [9.17, 15) is 9.90 Å². The first-order chi connectivity index (χ1) is 24.2. The summed E-state index contributed by atoms with van der Waals surface area (Å²) in [6, 6.07) is 0. The normalized spacial score (nSPS) is 13.0. The van der Waals surface area contributed by atoms with Gasteiger partial charge in [-0.1, -0.05) is 190 Å². The van der Waals surface area contributed by atoms with E-state index in [1.807, 2.05) is 0 Å². The molecule has 0 heterocycles. The molecule has 0 spiro atoms. The van der Waals surface area contributed by atoms with E-state index in [0.717, 1.165) is 51.4 Å². The minimum Gasteiger partial charge on any atom is -0.457 e. The van der Waals surface area contributed by atoms with Crippen molar-refractivity contribution in [1.29, 1.82) is 0 Å². The van der Waals surface area contributed by atoms with E-state index in [2.05, 4.69) is 74.6 Å². The van der Waals surface area contributed by atoms with Gasteiger partial charge in [0.2, 0.25) is 0 Å². The Bertz CT molecular complexity index is 809. The van der Waals surface area contributed by atoms with Crippen molar-refractivity contribution >= 4 is 5.97 Å². The van der Waals surface area contributed by atoms with Crippen LogP contribution >= 0.6 is 0 Å². The second kappa shape index (κ2) is 42.3. The molecule has 4 heteroatoms. The third kappa shape index (κ3) is 40.4. The first kappa shape index (κ1) is 47.1. The summed E-state index contributed by atoms with van der Waals surface area (Å²) >= 11 is 0. The molecule has 0 aliphatic rings. The highest BCUT2D eigenvalue weighted by molar-refractivity contribution is 5.69. The average molecular weight is 685 g/mol. The molecular formula is C45H80O4. The van der Waals surface area contributed by atoms with E-state index >= 15 is 0 Å². The lowest BCUT2D eigenvalue weighted by Crippen LogP contribution is -2.27. The molecule has 284 valence electrons. The van der Waals surface area contributed by atoms with Crippen molar-refractivity contribution < 1.29 is 19.4 Å². The standard InChI is InChI=1S/C45H80O4/c1-3-5-7-9-11-13-15-17-18-19-20-21-22-23-24-25-26-27-28-29-30-32-34-36-38-40-45(47)49-44(42-46)43-48-41-39-37-35-33-31-16-14-12-10-8-6-4-2/h5,7,11,13,17-18,20-21,23-24,44,46H,3-4,6,8-10,12,14-16,19,22,25-43H2,1-2H3/b7-5-,13-11-,18-17-,21-20-,24-23-. The molecule has 49 heavy (non-hydrogen) atoms. The highest BCUT2D eigenvalue weighted by atomic mass is 16.6. The molecule has 1 unspecified atom stereocenters. The van der Waals surface area contributed by atoms with Gasteiger partial charge >= 0.3 is 5.97 Å². The Morgan fingerprint density at radius 1 is 0.510 bits per heavy atom. The Morgan fingerprint density at radius 2 is 0.918 bits per heavy atom. The second-order valence-electron chi connectivity index (χ2n) is 13.7. The van der Waals surface area contributed by atoms with Gasteiger partial charge in [-0.15, -0.1) is 0 Å². The third-order valence-corrected chi connectivity index (χ3v) is 8.86. The van der Waals surface area contributed by atoms with Gasteiger partial charge in [-0.25, -0.2) is 0 Å². The van der Waals surface area contributed by atoms with Gasteiger partial charge in [0.25, 0.3) is 0 Å². The fraction of sp³-hybridized carbons (Fsp3) is 0.756. The van der Waals surface area contributed by atoms with Gasteiger partial charge in [-0.05, 0) is 57.8 Å². The fourth-order valence-corrected chi connectivity index (χ4v) is 5.77. The predicted molar refractivity (Wildman–Crippen MR) is 214 cm³/mol. The Hall–Kier alpha value is -1.91. The smallest absolute Gasteiger partial charge is 0.306 e. The molecule has 0 aliphatic carbocycles. The van der Waals surface area contributed by atoms with Crippen LogP contribution in [0.25, 0.3) is 0 Å². The van der Waals surface area contributed by atoms with Crippen molar-refractivity contribution in [2.24, 2.45) is 0 Å². The van der Waals surface area contributed by atoms with Crippen LogP contribution in [0.5, 0.6) is 0 Å². The summed E-state index contributed by atoms with van der Waals surface area (Å²) in [4.78, 5) is 12.2. The molecule has 0 rings (SSSR count). The summed E-state index contributed by atoms with van der Waals surface area (Å²) in [6.45, 7) is 5.23. The van der Waals surface area contributed by atoms with Crippen LogP contribution in [-0.2, 0) is 14.3 Å². The van der Waals surface area contributed by atoms with Crippen molar-refractivity contribution in [3.05, 3.63) is 60.8 Å². The zero-order valence-corrected chi connectivity index (χ0v) is 32.4. The van der Waals surface area contributed by atoms with Gasteiger partial charge in [0.15, 0.2) is 0 Å². The second-order valence-corrected chi connectivity index (χ2v) is 13.7. The van der Waals surface area contributed by atoms with Crippen molar-refractivity contribution in [2.45, 2.75) is 200 Å². The van der Waals surface area contributed by atoms with E-state index in [4.69, 9.17) is 9.47 Å². The molecule has 0 aromatic rings. The molecule has 1 N–H and O–H groups in total. The quantitative estimate of drug-likeness (QED) is 0.0399. The predicted octanol–water partition coefficient (Wildman–Crippen LogP) is 13.7. The number of ether oxygens (including phenoxy) is 2. The van der Waals surface area contributed by atoms with Crippen LogP contribution < -0.4 is 0 Å². The molecule has 0 aromatic carbocycles. The molecule has 0 aliphatic heterocycles. The molecule has 0 fully saturated rings. The maximum Gasteiger partial charge on any atom is 0.306 e. The van der Waals surface area contributed by atoms with E-state index in [-0.39, 0.29) is 12.6 Å². The number of aliphatic hydroxyl groups excluding tert-OH is 1. The van der Waals surface area contributed by atoms with Crippen LogP contribution in [-0.4, -0.2) is 37.0 Å². The fourth-order valence-electron chi connectivity index (χ4n) is 5.77. The first-order valence-corrected chi connectivity index (χ1v) is 20.9.